The maximum absolute atomic E-state index is 10.1. The lowest BCUT2D eigenvalue weighted by Gasteiger charge is -2.17. The number of phenolic OH excluding ortho intramolecular Hbond substituents is 1. The van der Waals surface area contributed by atoms with Crippen molar-refractivity contribution in [3.8, 4) is 5.75 Å². The van der Waals surface area contributed by atoms with Crippen LogP contribution < -0.4 is 10.6 Å². The molecular weight excluding hydrogens is 288 g/mol. The summed E-state index contributed by atoms with van der Waals surface area (Å²) < 4.78 is 0. The van der Waals surface area contributed by atoms with Gasteiger partial charge >= 0.3 is 0 Å². The molecule has 0 fully saturated rings. The monoisotopic (exact) mass is 314 g/mol. The first-order chi connectivity index (χ1) is 10.5. The fourth-order valence-corrected chi connectivity index (χ4v) is 2.12. The maximum atomic E-state index is 10.1. The SMILES string of the molecule is CCCc1cc(CNC(O)CO)c(O)cc1CNC(O)CO. The Hall–Kier alpha value is -1.22. The minimum Gasteiger partial charge on any atom is -0.508 e. The Morgan fingerprint density at radius 1 is 0.909 bits per heavy atom. The van der Waals surface area contributed by atoms with Crippen molar-refractivity contribution in [1.82, 2.24) is 10.6 Å². The molecule has 0 aliphatic carbocycles. The quantitative estimate of drug-likeness (QED) is 0.280. The van der Waals surface area contributed by atoms with Crippen LogP contribution in [0.5, 0.6) is 5.75 Å². The Kier molecular flexibility index (Phi) is 8.32. The van der Waals surface area contributed by atoms with E-state index in [1.165, 1.54) is 0 Å². The van der Waals surface area contributed by atoms with E-state index in [0.717, 1.165) is 24.0 Å². The van der Waals surface area contributed by atoms with Crippen LogP contribution in [0, 0.1) is 0 Å². The number of aromatic hydroxyl groups is 1. The largest absolute Gasteiger partial charge is 0.508 e. The molecule has 0 heterocycles. The van der Waals surface area contributed by atoms with Gasteiger partial charge in [-0.15, -0.1) is 0 Å². The Balaban J connectivity index is 2.86. The number of aryl methyl sites for hydroxylation is 1. The number of nitrogens with one attached hydrogen (secondary N) is 2. The van der Waals surface area contributed by atoms with Crippen LogP contribution in [-0.2, 0) is 19.5 Å². The zero-order valence-electron chi connectivity index (χ0n) is 12.8. The zero-order chi connectivity index (χ0) is 16.5. The van der Waals surface area contributed by atoms with Crippen molar-refractivity contribution in [3.63, 3.8) is 0 Å². The molecule has 0 bridgehead atoms. The Morgan fingerprint density at radius 3 is 1.95 bits per heavy atom. The van der Waals surface area contributed by atoms with E-state index < -0.39 is 19.1 Å². The van der Waals surface area contributed by atoms with Crippen LogP contribution >= 0.6 is 0 Å². The van der Waals surface area contributed by atoms with Gasteiger partial charge < -0.3 is 25.5 Å². The van der Waals surface area contributed by atoms with E-state index in [2.05, 4.69) is 10.6 Å². The molecule has 0 aromatic heterocycles. The van der Waals surface area contributed by atoms with Crippen LogP contribution in [0.2, 0.25) is 0 Å². The topological polar surface area (TPSA) is 125 Å². The summed E-state index contributed by atoms with van der Waals surface area (Å²) in [6.45, 7) is 1.83. The van der Waals surface area contributed by atoms with E-state index in [0.29, 0.717) is 12.1 Å². The molecule has 1 aromatic rings. The van der Waals surface area contributed by atoms with Crippen molar-refractivity contribution in [3.05, 3.63) is 28.8 Å². The van der Waals surface area contributed by atoms with Gasteiger partial charge in [-0.3, -0.25) is 10.6 Å². The molecular formula is C15H26N2O5. The smallest absolute Gasteiger partial charge is 0.128 e. The summed E-state index contributed by atoms with van der Waals surface area (Å²) in [7, 11) is 0. The van der Waals surface area contributed by atoms with Crippen LogP contribution in [-0.4, -0.2) is 51.2 Å². The second-order valence-corrected chi connectivity index (χ2v) is 5.16. The Morgan fingerprint density at radius 2 is 1.45 bits per heavy atom. The average Bonchev–Trinajstić information content (AvgIpc) is 2.52. The van der Waals surface area contributed by atoms with Crippen molar-refractivity contribution in [1.29, 1.82) is 0 Å². The highest BCUT2D eigenvalue weighted by molar-refractivity contribution is 5.42. The third kappa shape index (κ3) is 5.88. The highest BCUT2D eigenvalue weighted by Gasteiger charge is 2.11. The van der Waals surface area contributed by atoms with Gasteiger partial charge in [-0.1, -0.05) is 19.4 Å². The van der Waals surface area contributed by atoms with Gasteiger partial charge in [-0.05, 0) is 23.6 Å². The van der Waals surface area contributed by atoms with E-state index in [9.17, 15) is 15.3 Å². The van der Waals surface area contributed by atoms with Crippen molar-refractivity contribution < 1.29 is 25.5 Å². The van der Waals surface area contributed by atoms with Gasteiger partial charge in [0.15, 0.2) is 0 Å². The molecule has 7 heteroatoms. The summed E-state index contributed by atoms with van der Waals surface area (Å²) in [6, 6.07) is 3.46. The Labute approximate surface area is 130 Å². The summed E-state index contributed by atoms with van der Waals surface area (Å²) in [5.41, 5.74) is 2.49. The highest BCUT2D eigenvalue weighted by atomic mass is 16.3. The average molecular weight is 314 g/mol. The first kappa shape index (κ1) is 18.8. The van der Waals surface area contributed by atoms with Crippen LogP contribution in [0.3, 0.4) is 0 Å². The summed E-state index contributed by atoms with van der Waals surface area (Å²) in [5, 5.41) is 51.8. The third-order valence-electron chi connectivity index (χ3n) is 3.32. The molecule has 0 saturated carbocycles. The first-order valence-electron chi connectivity index (χ1n) is 7.40. The molecule has 0 aliphatic rings. The number of hydrogen-bond donors (Lipinski definition) is 7. The minimum atomic E-state index is -1.03. The number of rotatable bonds is 10. The van der Waals surface area contributed by atoms with Gasteiger partial charge in [0.2, 0.25) is 0 Å². The maximum Gasteiger partial charge on any atom is 0.128 e. The van der Waals surface area contributed by atoms with Gasteiger partial charge in [-0.25, -0.2) is 0 Å². The summed E-state index contributed by atoms with van der Waals surface area (Å²) in [4.78, 5) is 0. The predicted molar refractivity (Wildman–Crippen MR) is 82.0 cm³/mol. The molecule has 0 spiro atoms. The van der Waals surface area contributed by atoms with Gasteiger partial charge in [0, 0.05) is 18.7 Å². The van der Waals surface area contributed by atoms with Gasteiger partial charge in [0.25, 0.3) is 0 Å². The van der Waals surface area contributed by atoms with Crippen molar-refractivity contribution in [2.45, 2.75) is 45.3 Å². The molecule has 2 unspecified atom stereocenters. The summed E-state index contributed by atoms with van der Waals surface area (Å²) in [6.07, 6.45) is -0.304. The van der Waals surface area contributed by atoms with Gasteiger partial charge in [0.1, 0.15) is 18.2 Å². The molecule has 2 atom stereocenters. The molecule has 0 amide bonds. The molecule has 1 aromatic carbocycles. The lowest BCUT2D eigenvalue weighted by molar-refractivity contribution is 0.0661. The molecule has 22 heavy (non-hydrogen) atoms. The standard InChI is InChI=1S/C15H26N2O5/c1-2-3-10-4-12(7-17-15(22)9-19)13(20)5-11(10)6-16-14(21)8-18/h4-5,14-22H,2-3,6-9H2,1H3. The number of hydrogen-bond acceptors (Lipinski definition) is 7. The lowest BCUT2D eigenvalue weighted by atomic mass is 9.99. The third-order valence-corrected chi connectivity index (χ3v) is 3.32. The zero-order valence-corrected chi connectivity index (χ0v) is 12.8. The van der Waals surface area contributed by atoms with E-state index in [1.807, 2.05) is 13.0 Å². The minimum absolute atomic E-state index is 0.0766. The molecule has 126 valence electrons. The number of phenols is 1. The molecule has 0 radical (unpaired) electrons. The van der Waals surface area contributed by atoms with Crippen molar-refractivity contribution in [2.24, 2.45) is 0 Å². The fraction of sp³-hybridized carbons (Fsp3) is 0.600. The Bertz CT molecular complexity index is 456. The van der Waals surface area contributed by atoms with Crippen LogP contribution in [0.25, 0.3) is 0 Å². The lowest BCUT2D eigenvalue weighted by Crippen LogP contribution is -2.32. The fourth-order valence-electron chi connectivity index (χ4n) is 2.12. The van der Waals surface area contributed by atoms with Crippen molar-refractivity contribution in [2.75, 3.05) is 13.2 Å². The number of aliphatic hydroxyl groups is 4. The molecule has 0 saturated heterocycles. The molecule has 7 N–H and O–H groups in total. The highest BCUT2D eigenvalue weighted by Crippen LogP contribution is 2.24. The second-order valence-electron chi connectivity index (χ2n) is 5.16. The van der Waals surface area contributed by atoms with E-state index >= 15 is 0 Å². The summed E-state index contributed by atoms with van der Waals surface area (Å²) in [5.74, 6) is 0.0766. The summed E-state index contributed by atoms with van der Waals surface area (Å²) >= 11 is 0. The molecule has 1 rings (SSSR count). The van der Waals surface area contributed by atoms with Gasteiger partial charge in [0.05, 0.1) is 13.2 Å². The number of benzene rings is 1. The normalized spacial score (nSPS) is 14.0. The van der Waals surface area contributed by atoms with Crippen LogP contribution in [0.4, 0.5) is 0 Å². The van der Waals surface area contributed by atoms with Crippen LogP contribution in [0.1, 0.15) is 30.0 Å². The number of aliphatic hydroxyl groups excluding tert-OH is 4. The van der Waals surface area contributed by atoms with Crippen LogP contribution in [0.15, 0.2) is 12.1 Å². The molecule has 7 nitrogen and oxygen atoms in total. The molecule has 0 aliphatic heterocycles. The predicted octanol–water partition coefficient (Wildman–Crippen LogP) is -0.855. The first-order valence-corrected chi connectivity index (χ1v) is 7.40. The second kappa shape index (κ2) is 9.73. The van der Waals surface area contributed by atoms with Gasteiger partial charge in [-0.2, -0.15) is 0 Å². The van der Waals surface area contributed by atoms with Crippen molar-refractivity contribution >= 4 is 0 Å². The van der Waals surface area contributed by atoms with E-state index in [1.54, 1.807) is 6.07 Å². The van der Waals surface area contributed by atoms with E-state index in [4.69, 9.17) is 10.2 Å². The van der Waals surface area contributed by atoms with E-state index in [-0.39, 0.29) is 18.9 Å².